The van der Waals surface area contributed by atoms with Crippen molar-refractivity contribution in [2.45, 2.75) is 44.4 Å². The lowest BCUT2D eigenvalue weighted by molar-refractivity contribution is -0.0215. The molecule has 4 heterocycles. The molecule has 2 aliphatic heterocycles. The number of nitrogens with zero attached hydrogens (tertiary/aromatic N) is 6. The van der Waals surface area contributed by atoms with Gasteiger partial charge in [0.05, 0.1) is 25.3 Å². The molecule has 1 saturated heterocycles. The molecule has 3 unspecified atom stereocenters. The SMILES string of the molecule is [C-]#[N+]C1C(C2CN(C(=O)OC(C)(C)C)CCO2)=Nc2[nH]ncc2C1c1cccc2nonc12. The van der Waals surface area contributed by atoms with E-state index < -0.39 is 29.8 Å². The maximum absolute atomic E-state index is 12.7. The van der Waals surface area contributed by atoms with Crippen LogP contribution in [0.2, 0.25) is 0 Å². The first-order chi connectivity index (χ1) is 15.9. The second kappa shape index (κ2) is 7.97. The monoisotopic (exact) mass is 449 g/mol. The zero-order valence-electron chi connectivity index (χ0n) is 18.5. The number of aromatic amines is 1. The largest absolute Gasteiger partial charge is 0.444 e. The number of amides is 1. The second-order valence-electron chi connectivity index (χ2n) is 9.03. The van der Waals surface area contributed by atoms with E-state index in [1.165, 1.54) is 0 Å². The molecule has 1 aromatic carbocycles. The second-order valence-corrected chi connectivity index (χ2v) is 9.03. The summed E-state index contributed by atoms with van der Waals surface area (Å²) in [4.78, 5) is 22.9. The minimum Gasteiger partial charge on any atom is -0.444 e. The molecule has 0 radical (unpaired) electrons. The molecule has 0 aliphatic carbocycles. The van der Waals surface area contributed by atoms with Crippen molar-refractivity contribution in [3.8, 4) is 0 Å². The number of ether oxygens (including phenoxy) is 2. The molecule has 2 aliphatic rings. The number of morpholine rings is 1. The summed E-state index contributed by atoms with van der Waals surface area (Å²) in [6.45, 7) is 14.5. The van der Waals surface area contributed by atoms with E-state index in [4.69, 9.17) is 25.7 Å². The maximum Gasteiger partial charge on any atom is 0.410 e. The lowest BCUT2D eigenvalue weighted by atomic mass is 9.80. The summed E-state index contributed by atoms with van der Waals surface area (Å²) in [5.41, 5.74) is 2.71. The number of rotatable bonds is 2. The fourth-order valence-corrected chi connectivity index (χ4v) is 4.28. The maximum atomic E-state index is 12.7. The van der Waals surface area contributed by atoms with E-state index in [1.54, 1.807) is 17.2 Å². The van der Waals surface area contributed by atoms with Gasteiger partial charge in [0.25, 0.3) is 6.04 Å². The first-order valence-electron chi connectivity index (χ1n) is 10.6. The van der Waals surface area contributed by atoms with Crippen LogP contribution in [0.15, 0.2) is 34.0 Å². The summed E-state index contributed by atoms with van der Waals surface area (Å²) >= 11 is 0. The standard InChI is InChI=1S/C22H23N7O4/c1-22(2,3)32-21(30)29-8-9-31-15(11-29)18-19(23-4)16(13-10-24-26-20(13)25-18)12-6-5-7-14-17(12)28-33-27-14/h5-7,10,15-16,19H,8-9,11H2,1-3H3,(H,24,26). The molecule has 3 atom stereocenters. The van der Waals surface area contributed by atoms with Crippen molar-refractivity contribution in [1.29, 1.82) is 0 Å². The van der Waals surface area contributed by atoms with Crippen LogP contribution in [0.3, 0.4) is 0 Å². The average Bonchev–Trinajstić information content (AvgIpc) is 3.45. The zero-order chi connectivity index (χ0) is 23.2. The normalized spacial score (nSPS) is 23.0. The lowest BCUT2D eigenvalue weighted by Gasteiger charge is -2.36. The van der Waals surface area contributed by atoms with Gasteiger partial charge in [0.1, 0.15) is 28.5 Å². The summed E-state index contributed by atoms with van der Waals surface area (Å²) in [5.74, 6) is 0.154. The van der Waals surface area contributed by atoms with Crippen molar-refractivity contribution in [1.82, 2.24) is 25.4 Å². The number of nitrogens with one attached hydrogen (secondary N) is 1. The molecular weight excluding hydrogens is 426 g/mol. The molecule has 11 nitrogen and oxygen atoms in total. The highest BCUT2D eigenvalue weighted by Gasteiger charge is 2.46. The van der Waals surface area contributed by atoms with Gasteiger partial charge in [-0.15, -0.1) is 0 Å². The van der Waals surface area contributed by atoms with Crippen LogP contribution in [0.1, 0.15) is 37.8 Å². The van der Waals surface area contributed by atoms with Crippen molar-refractivity contribution in [3.63, 3.8) is 0 Å². The van der Waals surface area contributed by atoms with E-state index in [9.17, 15) is 4.79 Å². The molecule has 33 heavy (non-hydrogen) atoms. The molecule has 3 aromatic rings. The van der Waals surface area contributed by atoms with E-state index in [2.05, 4.69) is 25.4 Å². The molecule has 1 amide bonds. The summed E-state index contributed by atoms with van der Waals surface area (Å²) in [6.07, 6.45) is 0.710. The topological polar surface area (TPSA) is 123 Å². The number of carbonyl (C=O) groups excluding carboxylic acids is 1. The average molecular weight is 449 g/mol. The fraction of sp³-hybridized carbons (Fsp3) is 0.455. The van der Waals surface area contributed by atoms with Gasteiger partial charge in [-0.3, -0.25) is 5.10 Å². The Kier molecular flexibility index (Phi) is 5.09. The number of fused-ring (bicyclic) bond motifs is 2. The Hall–Kier alpha value is -3.78. The third-order valence-electron chi connectivity index (χ3n) is 5.68. The Morgan fingerprint density at radius 1 is 1.30 bits per heavy atom. The van der Waals surface area contributed by atoms with Crippen LogP contribution in [-0.2, 0) is 9.47 Å². The van der Waals surface area contributed by atoms with Crippen LogP contribution < -0.4 is 0 Å². The highest BCUT2D eigenvalue weighted by atomic mass is 16.6. The van der Waals surface area contributed by atoms with Gasteiger partial charge in [-0.25, -0.2) is 21.0 Å². The Bertz CT molecular complexity index is 1270. The Morgan fingerprint density at radius 2 is 2.15 bits per heavy atom. The van der Waals surface area contributed by atoms with E-state index in [0.29, 0.717) is 35.7 Å². The van der Waals surface area contributed by atoms with Gasteiger partial charge >= 0.3 is 6.09 Å². The zero-order valence-corrected chi connectivity index (χ0v) is 18.5. The smallest absolute Gasteiger partial charge is 0.410 e. The molecule has 11 heteroatoms. The molecule has 1 N–H and O–H groups in total. The van der Waals surface area contributed by atoms with Crippen LogP contribution in [-0.4, -0.2) is 74.7 Å². The van der Waals surface area contributed by atoms with Gasteiger partial charge < -0.3 is 19.2 Å². The molecule has 5 rings (SSSR count). The van der Waals surface area contributed by atoms with Crippen molar-refractivity contribution in [3.05, 3.63) is 46.9 Å². The quantitative estimate of drug-likeness (QED) is 0.596. The Balaban J connectivity index is 1.52. The number of aromatic nitrogens is 4. The van der Waals surface area contributed by atoms with Crippen molar-refractivity contribution in [2.24, 2.45) is 4.99 Å². The van der Waals surface area contributed by atoms with Crippen molar-refractivity contribution in [2.75, 3.05) is 19.7 Å². The van der Waals surface area contributed by atoms with Crippen LogP contribution in [0, 0.1) is 6.57 Å². The van der Waals surface area contributed by atoms with Gasteiger partial charge in [-0.1, -0.05) is 12.1 Å². The number of carbonyl (C=O) groups is 1. The van der Waals surface area contributed by atoms with E-state index >= 15 is 0 Å². The predicted molar refractivity (Wildman–Crippen MR) is 117 cm³/mol. The lowest BCUT2D eigenvalue weighted by Crippen LogP contribution is -2.52. The third-order valence-corrected chi connectivity index (χ3v) is 5.68. The van der Waals surface area contributed by atoms with Gasteiger partial charge in [0, 0.05) is 12.1 Å². The summed E-state index contributed by atoms with van der Waals surface area (Å²) in [6, 6.07) is 4.89. The molecule has 0 bridgehead atoms. The Labute approximate surface area is 189 Å². The summed E-state index contributed by atoms with van der Waals surface area (Å²) < 4.78 is 16.5. The van der Waals surface area contributed by atoms with E-state index in [-0.39, 0.29) is 6.54 Å². The van der Waals surface area contributed by atoms with Crippen LogP contribution in [0.4, 0.5) is 10.6 Å². The minimum absolute atomic E-state index is 0.242. The molecule has 1 fully saturated rings. The van der Waals surface area contributed by atoms with Gasteiger partial charge in [-0.2, -0.15) is 5.10 Å². The molecule has 0 spiro atoms. The van der Waals surface area contributed by atoms with Gasteiger partial charge in [-0.05, 0) is 42.7 Å². The highest BCUT2D eigenvalue weighted by molar-refractivity contribution is 6.00. The minimum atomic E-state index is -0.680. The summed E-state index contributed by atoms with van der Waals surface area (Å²) in [7, 11) is 0. The number of aliphatic imine (C=N–C) groups is 1. The van der Waals surface area contributed by atoms with E-state index in [1.807, 2.05) is 32.9 Å². The predicted octanol–water partition coefficient (Wildman–Crippen LogP) is 3.09. The number of hydrogen-bond donors (Lipinski definition) is 1. The van der Waals surface area contributed by atoms with Gasteiger partial charge in [0.15, 0.2) is 5.82 Å². The fourth-order valence-electron chi connectivity index (χ4n) is 4.28. The first kappa shape index (κ1) is 21.1. The third kappa shape index (κ3) is 3.82. The highest BCUT2D eigenvalue weighted by Crippen LogP contribution is 2.42. The molecule has 2 aromatic heterocycles. The summed E-state index contributed by atoms with van der Waals surface area (Å²) in [5, 5.41) is 15.1. The number of hydrogen-bond acceptors (Lipinski definition) is 8. The number of benzene rings is 1. The van der Waals surface area contributed by atoms with Crippen molar-refractivity contribution < 1.29 is 18.9 Å². The van der Waals surface area contributed by atoms with E-state index in [0.717, 1.165) is 11.1 Å². The molecule has 0 saturated carbocycles. The Morgan fingerprint density at radius 3 is 2.94 bits per heavy atom. The molecule has 170 valence electrons. The first-order valence-corrected chi connectivity index (χ1v) is 10.6. The van der Waals surface area contributed by atoms with Crippen molar-refractivity contribution >= 4 is 28.7 Å². The molecular formula is C22H23N7O4. The number of H-pyrrole nitrogens is 1. The van der Waals surface area contributed by atoms with Crippen LogP contribution in [0.5, 0.6) is 0 Å². The van der Waals surface area contributed by atoms with Crippen LogP contribution >= 0.6 is 0 Å². The van der Waals surface area contributed by atoms with Crippen LogP contribution in [0.25, 0.3) is 15.9 Å². The van der Waals surface area contributed by atoms with Gasteiger partial charge in [0.2, 0.25) is 0 Å².